The van der Waals surface area contributed by atoms with Crippen molar-refractivity contribution in [3.63, 3.8) is 0 Å². The number of hydrogen-bond acceptors (Lipinski definition) is 3. The Morgan fingerprint density at radius 1 is 1.59 bits per heavy atom. The Kier molecular flexibility index (Phi) is 3.73. The summed E-state index contributed by atoms with van der Waals surface area (Å²) < 4.78 is 0. The molecule has 0 aromatic carbocycles. The van der Waals surface area contributed by atoms with Gasteiger partial charge < -0.3 is 15.1 Å². The van der Waals surface area contributed by atoms with Crippen LogP contribution in [0, 0.1) is 11.3 Å². The lowest BCUT2D eigenvalue weighted by Gasteiger charge is -2.30. The van der Waals surface area contributed by atoms with Gasteiger partial charge in [0, 0.05) is 26.7 Å². The molecule has 2 saturated heterocycles. The minimum absolute atomic E-state index is 0.167. The Balaban J connectivity index is 1.87. The summed E-state index contributed by atoms with van der Waals surface area (Å²) in [4.78, 5) is 16.7. The molecule has 0 aromatic rings. The molecule has 4 nitrogen and oxygen atoms in total. The molecule has 0 aliphatic carbocycles. The largest absolute Gasteiger partial charge is 0.345 e. The molecule has 0 aromatic heterocycles. The van der Waals surface area contributed by atoms with E-state index in [1.54, 1.807) is 0 Å². The molecule has 1 amide bonds. The van der Waals surface area contributed by atoms with Gasteiger partial charge in [-0.3, -0.25) is 4.79 Å². The molecule has 2 aliphatic heterocycles. The molecule has 2 atom stereocenters. The van der Waals surface area contributed by atoms with Gasteiger partial charge >= 0.3 is 0 Å². The first kappa shape index (κ1) is 12.8. The summed E-state index contributed by atoms with van der Waals surface area (Å²) in [7, 11) is 4.12. The molecule has 17 heavy (non-hydrogen) atoms. The summed E-state index contributed by atoms with van der Waals surface area (Å²) in [5, 5.41) is 3.29. The van der Waals surface area contributed by atoms with Gasteiger partial charge in [-0.2, -0.15) is 0 Å². The number of hydrogen-bond donors (Lipinski definition) is 1. The molecule has 0 spiro atoms. The van der Waals surface area contributed by atoms with E-state index < -0.39 is 0 Å². The van der Waals surface area contributed by atoms with Gasteiger partial charge in [-0.15, -0.1) is 0 Å². The highest BCUT2D eigenvalue weighted by atomic mass is 16.2. The highest BCUT2D eigenvalue weighted by Crippen LogP contribution is 2.27. The van der Waals surface area contributed by atoms with Gasteiger partial charge in [0.15, 0.2) is 0 Å². The summed E-state index contributed by atoms with van der Waals surface area (Å²) in [6.45, 7) is 7.12. The van der Waals surface area contributed by atoms with Gasteiger partial charge in [0.2, 0.25) is 5.91 Å². The topological polar surface area (TPSA) is 35.6 Å². The van der Waals surface area contributed by atoms with Crippen LogP contribution >= 0.6 is 0 Å². The number of nitrogens with one attached hydrogen (secondary N) is 1. The Labute approximate surface area is 104 Å². The van der Waals surface area contributed by atoms with Gasteiger partial charge in [-0.05, 0) is 45.8 Å². The fourth-order valence-corrected chi connectivity index (χ4v) is 3.11. The van der Waals surface area contributed by atoms with Crippen LogP contribution in [-0.4, -0.2) is 62.5 Å². The van der Waals surface area contributed by atoms with Crippen LogP contribution in [-0.2, 0) is 4.79 Å². The monoisotopic (exact) mass is 239 g/mol. The molecular formula is C13H25N3O. The maximum absolute atomic E-state index is 12.4. The van der Waals surface area contributed by atoms with Crippen LogP contribution in [0.1, 0.15) is 19.8 Å². The lowest BCUT2D eigenvalue weighted by molar-refractivity contribution is -0.139. The molecule has 2 fully saturated rings. The normalized spacial score (nSPS) is 34.2. The second-order valence-corrected chi connectivity index (χ2v) is 6.09. The number of nitrogens with zero attached hydrogens (tertiary/aromatic N) is 2. The summed E-state index contributed by atoms with van der Waals surface area (Å²) >= 11 is 0. The van der Waals surface area contributed by atoms with Crippen molar-refractivity contribution in [1.82, 2.24) is 15.1 Å². The summed E-state index contributed by atoms with van der Waals surface area (Å²) in [5.74, 6) is 0.976. The molecule has 1 N–H and O–H groups in total. The second kappa shape index (κ2) is 4.94. The number of likely N-dealkylation sites (tertiary alicyclic amines) is 1. The fourth-order valence-electron chi connectivity index (χ4n) is 3.11. The predicted octanol–water partition coefficient (Wildman–Crippen LogP) is 0.396. The number of rotatable bonds is 3. The van der Waals surface area contributed by atoms with Crippen molar-refractivity contribution in [3.8, 4) is 0 Å². The second-order valence-electron chi connectivity index (χ2n) is 6.09. The lowest BCUT2D eigenvalue weighted by Crippen LogP contribution is -2.43. The highest BCUT2D eigenvalue weighted by Gasteiger charge is 2.38. The molecule has 2 unspecified atom stereocenters. The molecule has 2 heterocycles. The van der Waals surface area contributed by atoms with E-state index in [1.165, 1.54) is 13.0 Å². The summed E-state index contributed by atoms with van der Waals surface area (Å²) in [6, 6.07) is 0. The van der Waals surface area contributed by atoms with E-state index in [4.69, 9.17) is 0 Å². The van der Waals surface area contributed by atoms with E-state index in [-0.39, 0.29) is 5.41 Å². The Bertz CT molecular complexity index is 286. The number of carbonyl (C=O) groups is 1. The first-order chi connectivity index (χ1) is 8.01. The van der Waals surface area contributed by atoms with E-state index in [1.807, 2.05) is 11.9 Å². The molecule has 0 radical (unpaired) electrons. The zero-order valence-electron chi connectivity index (χ0n) is 11.3. The number of carbonyl (C=O) groups excluding carboxylic acids is 1. The minimum Gasteiger partial charge on any atom is -0.345 e. The van der Waals surface area contributed by atoms with Crippen molar-refractivity contribution < 1.29 is 4.79 Å². The van der Waals surface area contributed by atoms with Crippen molar-refractivity contribution >= 4 is 5.91 Å². The van der Waals surface area contributed by atoms with Crippen molar-refractivity contribution in [1.29, 1.82) is 0 Å². The first-order valence-corrected chi connectivity index (χ1v) is 6.66. The van der Waals surface area contributed by atoms with E-state index in [0.29, 0.717) is 11.8 Å². The zero-order valence-corrected chi connectivity index (χ0v) is 11.3. The standard InChI is InChI=1S/C13H25N3O/c1-13(5-6-14-10-13)12(17)16(3)9-11-4-7-15(2)8-11/h11,14H,4-10H2,1-3H3. The van der Waals surface area contributed by atoms with Crippen LogP contribution in [0.5, 0.6) is 0 Å². The van der Waals surface area contributed by atoms with Gasteiger partial charge in [0.25, 0.3) is 0 Å². The van der Waals surface area contributed by atoms with Crippen molar-refractivity contribution in [2.75, 3.05) is 46.8 Å². The maximum atomic E-state index is 12.4. The van der Waals surface area contributed by atoms with Crippen LogP contribution in [0.15, 0.2) is 0 Å². The van der Waals surface area contributed by atoms with E-state index in [0.717, 1.165) is 32.6 Å². The summed E-state index contributed by atoms with van der Waals surface area (Å²) in [6.07, 6.45) is 2.20. The van der Waals surface area contributed by atoms with Crippen molar-refractivity contribution in [2.45, 2.75) is 19.8 Å². The third-order valence-corrected chi connectivity index (χ3v) is 4.25. The Morgan fingerprint density at radius 3 is 2.88 bits per heavy atom. The molecule has 0 saturated carbocycles. The SMILES string of the molecule is CN1CCC(CN(C)C(=O)C2(C)CCNC2)C1. The highest BCUT2D eigenvalue weighted by molar-refractivity contribution is 5.82. The Morgan fingerprint density at radius 2 is 2.35 bits per heavy atom. The first-order valence-electron chi connectivity index (χ1n) is 6.66. The van der Waals surface area contributed by atoms with Gasteiger partial charge in [0.1, 0.15) is 0 Å². The van der Waals surface area contributed by atoms with Crippen LogP contribution in [0.25, 0.3) is 0 Å². The molecule has 98 valence electrons. The van der Waals surface area contributed by atoms with E-state index in [9.17, 15) is 4.79 Å². The molecule has 0 bridgehead atoms. The van der Waals surface area contributed by atoms with Crippen molar-refractivity contribution in [2.24, 2.45) is 11.3 Å². The van der Waals surface area contributed by atoms with E-state index in [2.05, 4.69) is 24.2 Å². The average molecular weight is 239 g/mol. The fraction of sp³-hybridized carbons (Fsp3) is 0.923. The van der Waals surface area contributed by atoms with Gasteiger partial charge in [-0.1, -0.05) is 0 Å². The predicted molar refractivity (Wildman–Crippen MR) is 68.8 cm³/mol. The molecule has 2 aliphatic rings. The van der Waals surface area contributed by atoms with Crippen LogP contribution < -0.4 is 5.32 Å². The minimum atomic E-state index is -0.167. The van der Waals surface area contributed by atoms with E-state index >= 15 is 0 Å². The zero-order chi connectivity index (χ0) is 12.5. The Hall–Kier alpha value is -0.610. The van der Waals surface area contributed by atoms with Crippen LogP contribution in [0.3, 0.4) is 0 Å². The summed E-state index contributed by atoms with van der Waals surface area (Å²) in [5.41, 5.74) is -0.167. The maximum Gasteiger partial charge on any atom is 0.229 e. The quantitative estimate of drug-likeness (QED) is 0.774. The smallest absolute Gasteiger partial charge is 0.229 e. The molecule has 4 heteroatoms. The van der Waals surface area contributed by atoms with Gasteiger partial charge in [-0.25, -0.2) is 0 Å². The molecular weight excluding hydrogens is 214 g/mol. The van der Waals surface area contributed by atoms with Crippen LogP contribution in [0.2, 0.25) is 0 Å². The third-order valence-electron chi connectivity index (χ3n) is 4.25. The lowest BCUT2D eigenvalue weighted by atomic mass is 9.88. The third kappa shape index (κ3) is 2.80. The molecule has 2 rings (SSSR count). The van der Waals surface area contributed by atoms with Gasteiger partial charge in [0.05, 0.1) is 5.41 Å². The number of amides is 1. The van der Waals surface area contributed by atoms with Crippen LogP contribution in [0.4, 0.5) is 0 Å². The average Bonchev–Trinajstić information content (AvgIpc) is 2.88. The van der Waals surface area contributed by atoms with Crippen molar-refractivity contribution in [3.05, 3.63) is 0 Å².